The van der Waals surface area contributed by atoms with Crippen LogP contribution in [0.3, 0.4) is 0 Å². The first-order valence-corrected chi connectivity index (χ1v) is 11.0. The Morgan fingerprint density at radius 1 is 1.28 bits per heavy atom. The van der Waals surface area contributed by atoms with Crippen LogP contribution in [0, 0.1) is 21.4 Å². The smallest absolute Gasteiger partial charge is 0.298 e. The molecule has 1 saturated carbocycles. The number of aromatic nitrogens is 1. The summed E-state index contributed by atoms with van der Waals surface area (Å²) < 4.78 is 0. The number of pyridine rings is 1. The Morgan fingerprint density at radius 3 is 2.72 bits per heavy atom. The fourth-order valence-corrected chi connectivity index (χ4v) is 5.69. The molecule has 0 amide bonds. The highest BCUT2D eigenvalue weighted by Crippen LogP contribution is 2.52. The lowest BCUT2D eigenvalue weighted by atomic mass is 9.83. The normalized spacial score (nSPS) is 23.7. The van der Waals surface area contributed by atoms with Crippen molar-refractivity contribution >= 4 is 40.5 Å². The monoisotopic (exact) mass is 471 g/mol. The van der Waals surface area contributed by atoms with Crippen molar-refractivity contribution in [3.05, 3.63) is 66.6 Å². The Kier molecular flexibility index (Phi) is 4.80. The zero-order valence-corrected chi connectivity index (χ0v) is 18.3. The van der Waals surface area contributed by atoms with Gasteiger partial charge >= 0.3 is 0 Å². The van der Waals surface area contributed by atoms with Crippen molar-refractivity contribution in [2.24, 2.45) is 0 Å². The number of nitro groups is 1. The second-order valence-electron chi connectivity index (χ2n) is 8.20. The molecule has 32 heavy (non-hydrogen) atoms. The molecule has 2 fully saturated rings. The van der Waals surface area contributed by atoms with Crippen molar-refractivity contribution < 1.29 is 4.92 Å². The van der Waals surface area contributed by atoms with Crippen LogP contribution in [-0.2, 0) is 0 Å². The first-order valence-electron chi connectivity index (χ1n) is 10.2. The van der Waals surface area contributed by atoms with Crippen molar-refractivity contribution in [3.8, 4) is 6.07 Å². The van der Waals surface area contributed by atoms with Gasteiger partial charge in [-0.3, -0.25) is 10.1 Å². The summed E-state index contributed by atoms with van der Waals surface area (Å²) in [5.74, 6) is -0.152. The maximum Gasteiger partial charge on any atom is 0.298 e. The van der Waals surface area contributed by atoms with E-state index in [2.05, 4.69) is 10.3 Å². The minimum Gasteiger partial charge on any atom is -0.397 e. The lowest BCUT2D eigenvalue weighted by Crippen LogP contribution is -2.41. The molecule has 0 bridgehead atoms. The average Bonchev–Trinajstić information content (AvgIpc) is 3.12. The lowest BCUT2D eigenvalue weighted by Gasteiger charge is -2.36. The number of rotatable bonds is 2. The van der Waals surface area contributed by atoms with Gasteiger partial charge < -0.3 is 21.7 Å². The number of nitrogens with zero attached hydrogens (tertiary/aromatic N) is 4. The Bertz CT molecular complexity index is 1240. The van der Waals surface area contributed by atoms with E-state index in [1.165, 1.54) is 6.07 Å². The minimum atomic E-state index is -0.955. The minimum absolute atomic E-state index is 0.00247. The van der Waals surface area contributed by atoms with Crippen LogP contribution in [0.4, 0.5) is 17.3 Å². The van der Waals surface area contributed by atoms with Crippen LogP contribution in [0.5, 0.6) is 0 Å². The fourth-order valence-electron chi connectivity index (χ4n) is 5.17. The van der Waals surface area contributed by atoms with E-state index in [4.69, 9.17) is 34.7 Å². The molecule has 3 unspecified atom stereocenters. The quantitative estimate of drug-likeness (QED) is 0.443. The Hall–Kier alpha value is -3.22. The van der Waals surface area contributed by atoms with Crippen molar-refractivity contribution in [2.75, 3.05) is 16.4 Å². The van der Waals surface area contributed by atoms with E-state index in [9.17, 15) is 15.4 Å². The third-order valence-corrected chi connectivity index (χ3v) is 7.08. The van der Waals surface area contributed by atoms with E-state index in [0.717, 1.165) is 25.7 Å². The summed E-state index contributed by atoms with van der Waals surface area (Å²) in [4.78, 5) is 18.4. The molecule has 0 radical (unpaired) electrons. The third kappa shape index (κ3) is 2.87. The van der Waals surface area contributed by atoms with Gasteiger partial charge in [0.15, 0.2) is 5.82 Å². The van der Waals surface area contributed by atoms with Crippen LogP contribution in [0.15, 0.2) is 29.7 Å². The van der Waals surface area contributed by atoms with E-state index in [1.807, 2.05) is 11.0 Å². The Morgan fingerprint density at radius 2 is 2.03 bits per heavy atom. The Balaban J connectivity index is 1.87. The van der Waals surface area contributed by atoms with E-state index in [1.54, 1.807) is 12.1 Å². The fraction of sp³-hybridized carbons (Fsp3) is 0.333. The molecule has 3 atom stereocenters. The molecule has 2 aromatic rings. The molecular formula is C21H19Cl2N7O2. The highest BCUT2D eigenvalue weighted by atomic mass is 35.5. The molecule has 9 nitrogen and oxygen atoms in total. The van der Waals surface area contributed by atoms with Crippen molar-refractivity contribution in [2.45, 2.75) is 43.7 Å². The third-order valence-electron chi connectivity index (χ3n) is 6.52. The number of nitrogen functional groups attached to an aromatic ring is 2. The second-order valence-corrected chi connectivity index (χ2v) is 9.04. The highest BCUT2D eigenvalue weighted by molar-refractivity contribution is 6.35. The number of hydrogen-bond donors (Lipinski definition) is 3. The van der Waals surface area contributed by atoms with E-state index < -0.39 is 10.8 Å². The van der Waals surface area contributed by atoms with E-state index in [-0.39, 0.29) is 39.9 Å². The molecule has 3 heterocycles. The molecule has 5 rings (SSSR count). The number of allylic oxidation sites excluding steroid dienone is 1. The van der Waals surface area contributed by atoms with Gasteiger partial charge in [-0.15, -0.1) is 0 Å². The molecule has 1 aromatic carbocycles. The maximum atomic E-state index is 12.5. The number of nitriles is 1. The van der Waals surface area contributed by atoms with E-state index >= 15 is 0 Å². The molecule has 2 aliphatic heterocycles. The van der Waals surface area contributed by atoms with Gasteiger partial charge in [-0.25, -0.2) is 4.98 Å². The zero-order valence-electron chi connectivity index (χ0n) is 16.8. The lowest BCUT2D eigenvalue weighted by molar-refractivity contribution is -0.430. The SMILES string of the molecule is N#Cc1c(N)nc2c(c1N)C(c1ccc(Cl)cc1Cl)C([N+](=O)[O-])=C1NC3CCCCC3N12. The van der Waals surface area contributed by atoms with Gasteiger partial charge in [0.05, 0.1) is 16.7 Å². The summed E-state index contributed by atoms with van der Waals surface area (Å²) in [7, 11) is 0. The van der Waals surface area contributed by atoms with Crippen LogP contribution in [0.1, 0.15) is 48.3 Å². The summed E-state index contributed by atoms with van der Waals surface area (Å²) in [5, 5.41) is 26.1. The summed E-state index contributed by atoms with van der Waals surface area (Å²) in [6.07, 6.45) is 3.77. The Labute approximate surface area is 193 Å². The maximum absolute atomic E-state index is 12.5. The molecule has 1 saturated heterocycles. The standard InChI is InChI=1S/C21H19Cl2N7O2/c22-9-5-6-10(12(23)7-9)15-16-17(25)11(8-24)19(26)28-20(16)29-14-4-2-1-3-13(14)27-21(29)18(15)30(31)32/h5-7,13-15,27H,1-4H2,(H4,25,26,28). The molecule has 3 aliphatic rings. The zero-order chi connectivity index (χ0) is 22.7. The second kappa shape index (κ2) is 7.43. The van der Waals surface area contributed by atoms with Crippen molar-refractivity contribution in [3.63, 3.8) is 0 Å². The van der Waals surface area contributed by atoms with Gasteiger partial charge in [-0.2, -0.15) is 5.26 Å². The number of halogens is 2. The van der Waals surface area contributed by atoms with Crippen LogP contribution in [0.2, 0.25) is 10.0 Å². The van der Waals surface area contributed by atoms with Crippen LogP contribution in [-0.4, -0.2) is 22.0 Å². The van der Waals surface area contributed by atoms with Crippen LogP contribution >= 0.6 is 23.2 Å². The largest absolute Gasteiger partial charge is 0.397 e. The molecule has 1 aliphatic carbocycles. The number of benzene rings is 1. The van der Waals surface area contributed by atoms with Gasteiger partial charge in [-0.1, -0.05) is 42.1 Å². The number of fused-ring (bicyclic) bond motifs is 5. The summed E-state index contributed by atoms with van der Waals surface area (Å²) in [6.45, 7) is 0. The van der Waals surface area contributed by atoms with Gasteiger partial charge in [0.1, 0.15) is 29.2 Å². The van der Waals surface area contributed by atoms with Gasteiger partial charge in [0.2, 0.25) is 0 Å². The van der Waals surface area contributed by atoms with Crippen LogP contribution < -0.4 is 21.7 Å². The number of nitrogens with two attached hydrogens (primary N) is 2. The van der Waals surface area contributed by atoms with Crippen LogP contribution in [0.25, 0.3) is 0 Å². The first kappa shape index (κ1) is 20.7. The van der Waals surface area contributed by atoms with Crippen molar-refractivity contribution in [1.29, 1.82) is 5.26 Å². The molecule has 0 spiro atoms. The van der Waals surface area contributed by atoms with E-state index in [0.29, 0.717) is 27.8 Å². The molecule has 1 aromatic heterocycles. The predicted octanol–water partition coefficient (Wildman–Crippen LogP) is 3.74. The number of nitrogens with one attached hydrogen (secondary N) is 1. The van der Waals surface area contributed by atoms with Gasteiger partial charge in [-0.05, 0) is 30.5 Å². The average molecular weight is 472 g/mol. The first-order chi connectivity index (χ1) is 15.3. The van der Waals surface area contributed by atoms with Gasteiger partial charge in [0, 0.05) is 21.7 Å². The number of anilines is 3. The number of hydrogen-bond acceptors (Lipinski definition) is 8. The summed E-state index contributed by atoms with van der Waals surface area (Å²) >= 11 is 12.6. The summed E-state index contributed by atoms with van der Waals surface area (Å²) in [6, 6.07) is 6.79. The molecular weight excluding hydrogens is 453 g/mol. The molecule has 5 N–H and O–H groups in total. The van der Waals surface area contributed by atoms with Crippen molar-refractivity contribution in [1.82, 2.24) is 10.3 Å². The van der Waals surface area contributed by atoms with Gasteiger partial charge in [0.25, 0.3) is 5.70 Å². The summed E-state index contributed by atoms with van der Waals surface area (Å²) in [5.41, 5.74) is 13.3. The highest BCUT2D eigenvalue weighted by Gasteiger charge is 2.52. The molecule has 164 valence electrons. The predicted molar refractivity (Wildman–Crippen MR) is 122 cm³/mol. The topological polar surface area (TPSA) is 147 Å². The molecule has 11 heteroatoms.